The zero-order chi connectivity index (χ0) is 13.3. The Balaban J connectivity index is 2.27. The van der Waals surface area contributed by atoms with E-state index >= 15 is 0 Å². The predicted octanol–water partition coefficient (Wildman–Crippen LogP) is 0.501. The molecule has 2 rings (SSSR count). The largest absolute Gasteiger partial charge is 0.356 e. The molecule has 0 atom stereocenters. The number of sulfonamides is 1. The first-order valence-corrected chi connectivity index (χ1v) is 7.27. The van der Waals surface area contributed by atoms with Gasteiger partial charge in [-0.3, -0.25) is 4.79 Å². The number of nitrogens with zero attached hydrogens (tertiary/aromatic N) is 2. The number of H-pyrrole nitrogens is 1. The van der Waals surface area contributed by atoms with Crippen LogP contribution in [0.4, 0.5) is 0 Å². The Bertz CT molecular complexity index is 542. The molecule has 0 aliphatic carbocycles. The Morgan fingerprint density at radius 2 is 1.94 bits per heavy atom. The van der Waals surface area contributed by atoms with E-state index in [-0.39, 0.29) is 16.5 Å². The van der Waals surface area contributed by atoms with E-state index in [1.54, 1.807) is 14.1 Å². The maximum atomic E-state index is 12.2. The van der Waals surface area contributed by atoms with Crippen LogP contribution in [-0.4, -0.2) is 55.7 Å². The number of carbonyl (C=O) groups excluding carboxylic acids is 1. The molecule has 1 fully saturated rings. The lowest BCUT2D eigenvalue weighted by atomic mass is 10.4. The molecule has 1 amide bonds. The van der Waals surface area contributed by atoms with Gasteiger partial charge in [0.2, 0.25) is 10.0 Å². The quantitative estimate of drug-likeness (QED) is 0.870. The van der Waals surface area contributed by atoms with Crippen LogP contribution in [0, 0.1) is 0 Å². The average Bonchev–Trinajstić information content (AvgIpc) is 2.99. The third-order valence-corrected chi connectivity index (χ3v) is 4.87. The second kappa shape index (κ2) is 4.74. The normalized spacial score (nSPS) is 17.0. The second-order valence-electron chi connectivity index (χ2n) is 4.56. The molecule has 0 bridgehead atoms. The van der Waals surface area contributed by atoms with E-state index in [4.69, 9.17) is 0 Å². The number of aromatic nitrogens is 1. The van der Waals surface area contributed by atoms with Crippen molar-refractivity contribution in [2.75, 3.05) is 27.2 Å². The van der Waals surface area contributed by atoms with Crippen molar-refractivity contribution in [3.8, 4) is 0 Å². The molecule has 0 radical (unpaired) electrons. The highest BCUT2D eigenvalue weighted by Gasteiger charge is 2.28. The van der Waals surface area contributed by atoms with Crippen molar-refractivity contribution in [3.63, 3.8) is 0 Å². The molecule has 1 aromatic heterocycles. The van der Waals surface area contributed by atoms with Gasteiger partial charge in [0, 0.05) is 33.4 Å². The van der Waals surface area contributed by atoms with E-state index in [0.717, 1.165) is 12.8 Å². The van der Waals surface area contributed by atoms with Gasteiger partial charge in [0.1, 0.15) is 10.6 Å². The van der Waals surface area contributed by atoms with Crippen LogP contribution in [0.3, 0.4) is 0 Å². The van der Waals surface area contributed by atoms with E-state index in [1.807, 2.05) is 0 Å². The maximum absolute atomic E-state index is 12.2. The maximum Gasteiger partial charge on any atom is 0.269 e. The average molecular weight is 271 g/mol. The number of aromatic amines is 1. The zero-order valence-corrected chi connectivity index (χ0v) is 11.3. The minimum absolute atomic E-state index is 0.162. The third-order valence-electron chi connectivity index (χ3n) is 3.00. The summed E-state index contributed by atoms with van der Waals surface area (Å²) in [6.45, 7) is 1.12. The van der Waals surface area contributed by atoms with Crippen LogP contribution in [0.1, 0.15) is 23.3 Å². The van der Waals surface area contributed by atoms with Crippen molar-refractivity contribution in [1.29, 1.82) is 0 Å². The highest BCUT2D eigenvalue weighted by molar-refractivity contribution is 7.89. The van der Waals surface area contributed by atoms with Crippen molar-refractivity contribution in [1.82, 2.24) is 14.2 Å². The molecule has 0 saturated carbocycles. The van der Waals surface area contributed by atoms with Crippen molar-refractivity contribution in [3.05, 3.63) is 18.0 Å². The first kappa shape index (κ1) is 13.1. The first-order valence-electron chi connectivity index (χ1n) is 5.83. The van der Waals surface area contributed by atoms with Gasteiger partial charge in [-0.05, 0) is 18.9 Å². The fourth-order valence-electron chi connectivity index (χ4n) is 1.97. The predicted molar refractivity (Wildman–Crippen MR) is 66.8 cm³/mol. The summed E-state index contributed by atoms with van der Waals surface area (Å²) in [5.74, 6) is -0.238. The van der Waals surface area contributed by atoms with E-state index in [1.165, 1.54) is 21.5 Å². The lowest BCUT2D eigenvalue weighted by Gasteiger charge is -2.13. The summed E-state index contributed by atoms with van der Waals surface area (Å²) in [6, 6.07) is 1.40. The minimum Gasteiger partial charge on any atom is -0.356 e. The van der Waals surface area contributed by atoms with Crippen LogP contribution >= 0.6 is 0 Å². The van der Waals surface area contributed by atoms with Gasteiger partial charge in [-0.25, -0.2) is 8.42 Å². The number of hydrogen-bond acceptors (Lipinski definition) is 3. The summed E-state index contributed by atoms with van der Waals surface area (Å²) in [7, 11) is -0.200. The number of amides is 1. The van der Waals surface area contributed by atoms with Crippen LogP contribution in [0.15, 0.2) is 17.2 Å². The molecule has 1 N–H and O–H groups in total. The Kier molecular flexibility index (Phi) is 3.45. The Morgan fingerprint density at radius 3 is 2.50 bits per heavy atom. The summed E-state index contributed by atoms with van der Waals surface area (Å²) in [6.07, 6.45) is 3.17. The number of hydrogen-bond donors (Lipinski definition) is 1. The molecular weight excluding hydrogens is 254 g/mol. The highest BCUT2D eigenvalue weighted by atomic mass is 32.2. The van der Waals surface area contributed by atoms with Crippen molar-refractivity contribution >= 4 is 15.9 Å². The topological polar surface area (TPSA) is 73.5 Å². The van der Waals surface area contributed by atoms with Gasteiger partial charge in [0.05, 0.1) is 0 Å². The molecule has 100 valence electrons. The van der Waals surface area contributed by atoms with E-state index < -0.39 is 10.0 Å². The molecule has 0 unspecified atom stereocenters. The summed E-state index contributed by atoms with van der Waals surface area (Å²) in [5, 5.41) is 0. The van der Waals surface area contributed by atoms with E-state index in [2.05, 4.69) is 4.98 Å². The monoisotopic (exact) mass is 271 g/mol. The molecule has 6 nitrogen and oxygen atoms in total. The number of rotatable bonds is 3. The molecule has 0 spiro atoms. The second-order valence-corrected chi connectivity index (χ2v) is 6.50. The van der Waals surface area contributed by atoms with Gasteiger partial charge in [0.15, 0.2) is 0 Å². The van der Waals surface area contributed by atoms with Crippen LogP contribution in [0.2, 0.25) is 0 Å². The fraction of sp³-hybridized carbons (Fsp3) is 0.545. The van der Waals surface area contributed by atoms with Gasteiger partial charge >= 0.3 is 0 Å². The molecule has 1 aromatic rings. The first-order chi connectivity index (χ1) is 8.43. The Morgan fingerprint density at radius 1 is 1.33 bits per heavy atom. The fourth-order valence-corrected chi connectivity index (χ4v) is 3.48. The lowest BCUT2D eigenvalue weighted by Crippen LogP contribution is -2.27. The summed E-state index contributed by atoms with van der Waals surface area (Å²) >= 11 is 0. The third kappa shape index (κ3) is 2.28. The summed E-state index contributed by atoms with van der Waals surface area (Å²) in [5.41, 5.74) is 0.290. The van der Waals surface area contributed by atoms with Crippen molar-refractivity contribution in [2.45, 2.75) is 17.7 Å². The number of carbonyl (C=O) groups is 1. The van der Waals surface area contributed by atoms with Gasteiger partial charge < -0.3 is 9.88 Å². The summed E-state index contributed by atoms with van der Waals surface area (Å²) < 4.78 is 25.9. The molecular formula is C11H17N3O3S. The van der Waals surface area contributed by atoms with Gasteiger partial charge in [-0.15, -0.1) is 0 Å². The molecule has 1 aliphatic rings. The summed E-state index contributed by atoms with van der Waals surface area (Å²) in [4.78, 5) is 16.0. The van der Waals surface area contributed by atoms with E-state index in [0.29, 0.717) is 13.1 Å². The van der Waals surface area contributed by atoms with Gasteiger partial charge in [-0.1, -0.05) is 0 Å². The van der Waals surface area contributed by atoms with E-state index in [9.17, 15) is 13.2 Å². The van der Waals surface area contributed by atoms with Crippen molar-refractivity contribution < 1.29 is 13.2 Å². The molecule has 7 heteroatoms. The zero-order valence-electron chi connectivity index (χ0n) is 10.5. The molecule has 1 saturated heterocycles. The Labute approximate surface area is 107 Å². The highest BCUT2D eigenvalue weighted by Crippen LogP contribution is 2.21. The SMILES string of the molecule is CN(C)C(=O)c1cc(S(=O)(=O)N2CCCC2)c[nH]1. The molecule has 1 aliphatic heterocycles. The van der Waals surface area contributed by atoms with Crippen molar-refractivity contribution in [2.24, 2.45) is 0 Å². The number of nitrogens with one attached hydrogen (secondary N) is 1. The molecule has 2 heterocycles. The standard InChI is InChI=1S/C11H17N3O3S/c1-13(2)11(15)10-7-9(8-12-10)18(16,17)14-5-3-4-6-14/h7-8,12H,3-6H2,1-2H3. The van der Waals surface area contributed by atoms with Crippen LogP contribution in [0.5, 0.6) is 0 Å². The van der Waals surface area contributed by atoms with Crippen LogP contribution < -0.4 is 0 Å². The molecule has 0 aromatic carbocycles. The minimum atomic E-state index is -3.45. The van der Waals surface area contributed by atoms with Gasteiger partial charge in [0.25, 0.3) is 5.91 Å². The van der Waals surface area contributed by atoms with Gasteiger partial charge in [-0.2, -0.15) is 4.31 Å². The molecule has 18 heavy (non-hydrogen) atoms. The van der Waals surface area contributed by atoms with Crippen LogP contribution in [-0.2, 0) is 10.0 Å². The lowest BCUT2D eigenvalue weighted by molar-refractivity contribution is 0.0822. The van der Waals surface area contributed by atoms with Crippen LogP contribution in [0.25, 0.3) is 0 Å². The Hall–Kier alpha value is -1.34. The smallest absolute Gasteiger partial charge is 0.269 e.